The molecule has 0 fully saturated rings. The predicted octanol–water partition coefficient (Wildman–Crippen LogP) is 2.51. The minimum absolute atomic E-state index is 0.225. The number of halogens is 3. The Balaban J connectivity index is 2.12. The van der Waals surface area contributed by atoms with E-state index in [1.807, 2.05) is 0 Å². The first-order valence-corrected chi connectivity index (χ1v) is 4.81. The lowest BCUT2D eigenvalue weighted by Crippen LogP contribution is -2.06. The number of hydrogen-bond acceptors (Lipinski definition) is 3. The second-order valence-corrected chi connectivity index (χ2v) is 3.31. The van der Waals surface area contributed by atoms with E-state index in [9.17, 15) is 13.2 Å². The van der Waals surface area contributed by atoms with Crippen molar-refractivity contribution in [3.05, 3.63) is 53.7 Å². The quantitative estimate of drug-likeness (QED) is 0.836. The fourth-order valence-electron chi connectivity index (χ4n) is 1.26. The van der Waals surface area contributed by atoms with Gasteiger partial charge in [-0.05, 0) is 11.6 Å². The maximum absolute atomic E-state index is 13.2. The van der Waals surface area contributed by atoms with Gasteiger partial charge in [0.05, 0.1) is 0 Å². The highest BCUT2D eigenvalue weighted by Crippen LogP contribution is 2.14. The van der Waals surface area contributed by atoms with Gasteiger partial charge in [0.15, 0.2) is 17.5 Å². The van der Waals surface area contributed by atoms with Crippen LogP contribution in [0.4, 0.5) is 19.0 Å². The summed E-state index contributed by atoms with van der Waals surface area (Å²) in [5.74, 6) is -3.91. The number of nitrogens with one attached hydrogen (secondary N) is 1. The van der Waals surface area contributed by atoms with Gasteiger partial charge in [0, 0.05) is 25.0 Å². The van der Waals surface area contributed by atoms with Crippen molar-refractivity contribution in [2.75, 3.05) is 5.32 Å². The molecule has 2 aromatic rings. The zero-order chi connectivity index (χ0) is 12.3. The minimum Gasteiger partial charge on any atom is -0.363 e. The number of aromatic nitrogens is 2. The zero-order valence-electron chi connectivity index (χ0n) is 8.62. The number of rotatable bonds is 3. The Hall–Kier alpha value is -2.11. The van der Waals surface area contributed by atoms with Crippen LogP contribution in [0.3, 0.4) is 0 Å². The minimum atomic E-state index is -1.33. The van der Waals surface area contributed by atoms with Gasteiger partial charge in [-0.25, -0.2) is 8.78 Å². The lowest BCUT2D eigenvalue weighted by Gasteiger charge is -2.06. The molecule has 0 saturated carbocycles. The molecule has 0 bridgehead atoms. The van der Waals surface area contributed by atoms with Crippen molar-refractivity contribution in [1.82, 2.24) is 9.97 Å². The molecule has 0 unspecified atom stereocenters. The normalized spacial score (nSPS) is 10.3. The molecule has 1 N–H and O–H groups in total. The standard InChI is InChI=1S/C11H8F3N3/c12-8-4-9(13)11(17-10(8)14)16-6-7-2-1-3-15-5-7/h1-5H,6H2,(H,16,17). The maximum Gasteiger partial charge on any atom is 0.251 e. The Morgan fingerprint density at radius 3 is 2.71 bits per heavy atom. The van der Waals surface area contributed by atoms with E-state index in [-0.39, 0.29) is 12.4 Å². The van der Waals surface area contributed by atoms with Crippen LogP contribution in [0.2, 0.25) is 0 Å². The van der Waals surface area contributed by atoms with Crippen LogP contribution in [0.25, 0.3) is 0 Å². The molecule has 0 aliphatic heterocycles. The molecule has 0 amide bonds. The molecule has 0 radical (unpaired) electrons. The number of hydrogen-bond donors (Lipinski definition) is 1. The second kappa shape index (κ2) is 4.82. The highest BCUT2D eigenvalue weighted by Gasteiger charge is 2.10. The van der Waals surface area contributed by atoms with E-state index in [1.165, 1.54) is 0 Å². The molecule has 0 aliphatic rings. The van der Waals surface area contributed by atoms with Crippen LogP contribution in [-0.4, -0.2) is 9.97 Å². The molecule has 0 aliphatic carbocycles. The largest absolute Gasteiger partial charge is 0.363 e. The number of anilines is 1. The molecule has 0 saturated heterocycles. The Morgan fingerprint density at radius 2 is 2.00 bits per heavy atom. The van der Waals surface area contributed by atoms with Gasteiger partial charge in [-0.1, -0.05) is 6.07 Å². The summed E-state index contributed by atoms with van der Waals surface area (Å²) >= 11 is 0. The van der Waals surface area contributed by atoms with Crippen molar-refractivity contribution in [3.63, 3.8) is 0 Å². The molecule has 3 nitrogen and oxygen atoms in total. The van der Waals surface area contributed by atoms with Gasteiger partial charge in [0.25, 0.3) is 5.95 Å². The average Bonchev–Trinajstić information content (AvgIpc) is 2.33. The molecule has 0 aromatic carbocycles. The molecule has 88 valence electrons. The molecule has 2 rings (SSSR count). The first-order valence-electron chi connectivity index (χ1n) is 4.81. The second-order valence-electron chi connectivity index (χ2n) is 3.31. The Bertz CT molecular complexity index is 517. The monoisotopic (exact) mass is 239 g/mol. The first-order chi connectivity index (χ1) is 8.16. The van der Waals surface area contributed by atoms with Crippen LogP contribution in [0.5, 0.6) is 0 Å². The Morgan fingerprint density at radius 1 is 1.18 bits per heavy atom. The van der Waals surface area contributed by atoms with Crippen LogP contribution in [0, 0.1) is 17.6 Å². The molecule has 2 aromatic heterocycles. The Labute approximate surface area is 95.3 Å². The lowest BCUT2D eigenvalue weighted by atomic mass is 10.3. The molecular formula is C11H8F3N3. The molecular weight excluding hydrogens is 231 g/mol. The van der Waals surface area contributed by atoms with Gasteiger partial charge >= 0.3 is 0 Å². The summed E-state index contributed by atoms with van der Waals surface area (Å²) < 4.78 is 38.6. The number of pyridine rings is 2. The third kappa shape index (κ3) is 2.72. The van der Waals surface area contributed by atoms with Gasteiger partial charge in [-0.2, -0.15) is 9.37 Å². The summed E-state index contributed by atoms with van der Waals surface area (Å²) in [5, 5.41) is 2.56. The van der Waals surface area contributed by atoms with Crippen molar-refractivity contribution >= 4 is 5.82 Å². The molecule has 2 heterocycles. The third-order valence-corrected chi connectivity index (χ3v) is 2.07. The van der Waals surface area contributed by atoms with Crippen molar-refractivity contribution in [2.45, 2.75) is 6.54 Å². The van der Waals surface area contributed by atoms with E-state index in [4.69, 9.17) is 0 Å². The summed E-state index contributed by atoms with van der Waals surface area (Å²) in [7, 11) is 0. The van der Waals surface area contributed by atoms with E-state index in [0.29, 0.717) is 6.07 Å². The van der Waals surface area contributed by atoms with Crippen LogP contribution in [0.15, 0.2) is 30.6 Å². The van der Waals surface area contributed by atoms with Gasteiger partial charge in [0.2, 0.25) is 0 Å². The summed E-state index contributed by atoms with van der Waals surface area (Å²) in [4.78, 5) is 7.00. The smallest absolute Gasteiger partial charge is 0.251 e. The van der Waals surface area contributed by atoms with Crippen molar-refractivity contribution in [3.8, 4) is 0 Å². The van der Waals surface area contributed by atoms with Crippen molar-refractivity contribution in [2.24, 2.45) is 0 Å². The molecule has 17 heavy (non-hydrogen) atoms. The fourth-order valence-corrected chi connectivity index (χ4v) is 1.26. The van der Waals surface area contributed by atoms with Crippen molar-refractivity contribution in [1.29, 1.82) is 0 Å². The van der Waals surface area contributed by atoms with E-state index in [1.54, 1.807) is 24.5 Å². The first kappa shape index (κ1) is 11.4. The van der Waals surface area contributed by atoms with Crippen LogP contribution < -0.4 is 5.32 Å². The predicted molar refractivity (Wildman–Crippen MR) is 55.7 cm³/mol. The van der Waals surface area contributed by atoms with E-state index in [2.05, 4.69) is 15.3 Å². The SMILES string of the molecule is Fc1cc(F)c(NCc2cccnc2)nc1F. The third-order valence-electron chi connectivity index (χ3n) is 2.07. The average molecular weight is 239 g/mol. The van der Waals surface area contributed by atoms with Gasteiger partial charge in [-0.15, -0.1) is 0 Å². The molecule has 0 atom stereocenters. The number of nitrogens with zero attached hydrogens (tertiary/aromatic N) is 2. The van der Waals surface area contributed by atoms with E-state index >= 15 is 0 Å². The molecule has 0 spiro atoms. The van der Waals surface area contributed by atoms with E-state index in [0.717, 1.165) is 5.56 Å². The van der Waals surface area contributed by atoms with E-state index < -0.39 is 17.6 Å². The summed E-state index contributed by atoms with van der Waals surface area (Å²) in [6.07, 6.45) is 3.17. The van der Waals surface area contributed by atoms with Gasteiger partial charge < -0.3 is 5.32 Å². The van der Waals surface area contributed by atoms with Crippen LogP contribution in [0.1, 0.15) is 5.56 Å². The van der Waals surface area contributed by atoms with Crippen molar-refractivity contribution < 1.29 is 13.2 Å². The van der Waals surface area contributed by atoms with Crippen LogP contribution in [-0.2, 0) is 6.54 Å². The van der Waals surface area contributed by atoms with Gasteiger partial charge in [-0.3, -0.25) is 4.98 Å². The Kier molecular flexibility index (Phi) is 3.22. The maximum atomic E-state index is 13.2. The highest BCUT2D eigenvalue weighted by molar-refractivity contribution is 5.37. The summed E-state index contributed by atoms with van der Waals surface area (Å²) in [6, 6.07) is 3.93. The summed E-state index contributed by atoms with van der Waals surface area (Å²) in [6.45, 7) is 0.225. The zero-order valence-corrected chi connectivity index (χ0v) is 8.62. The fraction of sp³-hybridized carbons (Fsp3) is 0.0909. The topological polar surface area (TPSA) is 37.8 Å². The lowest BCUT2D eigenvalue weighted by molar-refractivity contribution is 0.466. The highest BCUT2D eigenvalue weighted by atomic mass is 19.2. The van der Waals surface area contributed by atoms with Crippen LogP contribution >= 0.6 is 0 Å². The summed E-state index contributed by atoms with van der Waals surface area (Å²) in [5.41, 5.74) is 0.776. The van der Waals surface area contributed by atoms with Gasteiger partial charge in [0.1, 0.15) is 0 Å². The molecule has 6 heteroatoms.